The Balaban J connectivity index is 1.70. The molecule has 1 aliphatic rings. The minimum Gasteiger partial charge on any atom is -0.399 e. The fraction of sp³-hybridized carbons (Fsp3) is 0.176. The molecular formula is C17H16N4O4. The van der Waals surface area contributed by atoms with Crippen LogP contribution in [0.15, 0.2) is 48.5 Å². The number of carbonyl (C=O) groups is 2. The molecule has 0 saturated carbocycles. The molecule has 2 aromatic rings. The molecular weight excluding hydrogens is 324 g/mol. The summed E-state index contributed by atoms with van der Waals surface area (Å²) in [5.74, 6) is -0.716. The van der Waals surface area contributed by atoms with Crippen molar-refractivity contribution in [2.45, 2.75) is 19.0 Å². The quantitative estimate of drug-likeness (QED) is 0.369. The normalized spacial score (nSPS) is 17.1. The minimum atomic E-state index is -0.635. The zero-order valence-electron chi connectivity index (χ0n) is 13.2. The zero-order chi connectivity index (χ0) is 18.0. The third-order valence-corrected chi connectivity index (χ3v) is 3.97. The van der Waals surface area contributed by atoms with Crippen LogP contribution in [0, 0.1) is 10.1 Å². The van der Waals surface area contributed by atoms with Crippen LogP contribution >= 0.6 is 0 Å². The van der Waals surface area contributed by atoms with Crippen molar-refractivity contribution in [3.8, 4) is 0 Å². The summed E-state index contributed by atoms with van der Waals surface area (Å²) in [5.41, 5.74) is 7.48. The number of hydrogen-bond acceptors (Lipinski definition) is 6. The van der Waals surface area contributed by atoms with E-state index in [2.05, 4.69) is 5.32 Å². The second-order valence-corrected chi connectivity index (χ2v) is 5.72. The molecule has 0 bridgehead atoms. The van der Waals surface area contributed by atoms with Gasteiger partial charge in [-0.3, -0.25) is 19.7 Å². The number of nitro benzene ring substituents is 1. The molecule has 8 heteroatoms. The SMILES string of the molecule is Nc1cccc(CNC2CC(=O)N(c3ccc([N+](=O)[O-])cc3)C2=O)c1. The predicted octanol–water partition coefficient (Wildman–Crippen LogP) is 1.60. The summed E-state index contributed by atoms with van der Waals surface area (Å²) in [6.45, 7) is 0.406. The highest BCUT2D eigenvalue weighted by molar-refractivity contribution is 6.22. The standard InChI is InChI=1S/C17H16N4O4/c18-12-3-1-2-11(8-12)10-19-15-9-16(22)20(17(15)23)13-4-6-14(7-5-13)21(24)25/h1-8,15,19H,9-10,18H2. The van der Waals surface area contributed by atoms with Gasteiger partial charge in [-0.25, -0.2) is 4.90 Å². The summed E-state index contributed by atoms with van der Waals surface area (Å²) in [6, 6.07) is 11.9. The molecule has 0 spiro atoms. The van der Waals surface area contributed by atoms with Gasteiger partial charge in [0.25, 0.3) is 11.6 Å². The summed E-state index contributed by atoms with van der Waals surface area (Å²) < 4.78 is 0. The Bertz CT molecular complexity index is 835. The first-order valence-electron chi connectivity index (χ1n) is 7.65. The van der Waals surface area contributed by atoms with E-state index >= 15 is 0 Å². The van der Waals surface area contributed by atoms with Gasteiger partial charge in [0.1, 0.15) is 0 Å². The second-order valence-electron chi connectivity index (χ2n) is 5.72. The monoisotopic (exact) mass is 340 g/mol. The number of anilines is 2. The lowest BCUT2D eigenvalue weighted by Crippen LogP contribution is -2.38. The van der Waals surface area contributed by atoms with Crippen molar-refractivity contribution in [2.24, 2.45) is 0 Å². The number of hydrogen-bond donors (Lipinski definition) is 2. The molecule has 2 amide bonds. The van der Waals surface area contributed by atoms with Gasteiger partial charge >= 0.3 is 0 Å². The molecule has 0 aliphatic carbocycles. The Morgan fingerprint density at radius 3 is 2.56 bits per heavy atom. The number of benzene rings is 2. The van der Waals surface area contributed by atoms with Crippen molar-refractivity contribution in [1.82, 2.24) is 5.32 Å². The van der Waals surface area contributed by atoms with E-state index < -0.39 is 11.0 Å². The molecule has 3 N–H and O–H groups in total. The van der Waals surface area contributed by atoms with Crippen LogP contribution in [0.25, 0.3) is 0 Å². The predicted molar refractivity (Wildman–Crippen MR) is 91.7 cm³/mol. The first-order valence-corrected chi connectivity index (χ1v) is 7.65. The van der Waals surface area contributed by atoms with Crippen molar-refractivity contribution >= 4 is 28.9 Å². The molecule has 25 heavy (non-hydrogen) atoms. The summed E-state index contributed by atoms with van der Waals surface area (Å²) in [7, 11) is 0. The van der Waals surface area contributed by atoms with E-state index in [-0.39, 0.29) is 23.9 Å². The summed E-state index contributed by atoms with van der Waals surface area (Å²) in [5, 5.41) is 13.8. The zero-order valence-corrected chi connectivity index (χ0v) is 13.2. The number of carbonyl (C=O) groups excluding carboxylic acids is 2. The van der Waals surface area contributed by atoms with Gasteiger partial charge in [0.15, 0.2) is 0 Å². The number of nitrogens with zero attached hydrogens (tertiary/aromatic N) is 2. The maximum absolute atomic E-state index is 12.5. The lowest BCUT2D eigenvalue weighted by molar-refractivity contribution is -0.384. The fourth-order valence-electron chi connectivity index (χ4n) is 2.73. The van der Waals surface area contributed by atoms with Crippen LogP contribution in [0.2, 0.25) is 0 Å². The smallest absolute Gasteiger partial charge is 0.269 e. The van der Waals surface area contributed by atoms with Crippen molar-refractivity contribution in [3.05, 3.63) is 64.2 Å². The maximum atomic E-state index is 12.5. The molecule has 0 radical (unpaired) electrons. The molecule has 1 atom stereocenters. The summed E-state index contributed by atoms with van der Waals surface area (Å²) in [4.78, 5) is 35.9. The average Bonchev–Trinajstić information content (AvgIpc) is 2.87. The molecule has 1 aliphatic heterocycles. The lowest BCUT2D eigenvalue weighted by Gasteiger charge is -2.15. The largest absolute Gasteiger partial charge is 0.399 e. The van der Waals surface area contributed by atoms with E-state index in [0.29, 0.717) is 17.9 Å². The summed E-state index contributed by atoms with van der Waals surface area (Å²) in [6.07, 6.45) is 0.0398. The van der Waals surface area contributed by atoms with Crippen molar-refractivity contribution in [2.75, 3.05) is 10.6 Å². The number of nitrogens with two attached hydrogens (primary N) is 1. The van der Waals surface area contributed by atoms with Gasteiger partial charge in [-0.1, -0.05) is 12.1 Å². The van der Waals surface area contributed by atoms with E-state index in [9.17, 15) is 19.7 Å². The molecule has 8 nitrogen and oxygen atoms in total. The van der Waals surface area contributed by atoms with Gasteiger partial charge in [0.05, 0.1) is 23.1 Å². The van der Waals surface area contributed by atoms with E-state index in [0.717, 1.165) is 10.5 Å². The number of non-ortho nitro benzene ring substituents is 1. The maximum Gasteiger partial charge on any atom is 0.269 e. The van der Waals surface area contributed by atoms with Crippen LogP contribution in [0.4, 0.5) is 17.1 Å². The van der Waals surface area contributed by atoms with Gasteiger partial charge < -0.3 is 11.1 Å². The van der Waals surface area contributed by atoms with Gasteiger partial charge in [-0.2, -0.15) is 0 Å². The topological polar surface area (TPSA) is 119 Å². The second kappa shape index (κ2) is 6.70. The molecule has 0 aromatic heterocycles. The number of nitrogen functional groups attached to an aromatic ring is 1. The Morgan fingerprint density at radius 2 is 1.92 bits per heavy atom. The number of imide groups is 1. The molecule has 3 rings (SSSR count). The average molecular weight is 340 g/mol. The van der Waals surface area contributed by atoms with Gasteiger partial charge in [-0.05, 0) is 29.8 Å². The van der Waals surface area contributed by atoms with E-state index in [1.54, 1.807) is 12.1 Å². The van der Waals surface area contributed by atoms with Crippen molar-refractivity contribution in [1.29, 1.82) is 0 Å². The van der Waals surface area contributed by atoms with Crippen LogP contribution in [0.1, 0.15) is 12.0 Å². The Morgan fingerprint density at radius 1 is 1.20 bits per heavy atom. The highest BCUT2D eigenvalue weighted by Gasteiger charge is 2.39. The molecule has 1 fully saturated rings. The number of rotatable bonds is 5. The molecule has 1 heterocycles. The van der Waals surface area contributed by atoms with Crippen LogP contribution in [0.3, 0.4) is 0 Å². The molecule has 2 aromatic carbocycles. The van der Waals surface area contributed by atoms with Crippen LogP contribution in [-0.2, 0) is 16.1 Å². The number of nitrogens with one attached hydrogen (secondary N) is 1. The molecule has 128 valence electrons. The van der Waals surface area contributed by atoms with E-state index in [1.165, 1.54) is 24.3 Å². The van der Waals surface area contributed by atoms with Crippen molar-refractivity contribution in [3.63, 3.8) is 0 Å². The Labute approximate surface area is 143 Å². The van der Waals surface area contributed by atoms with Crippen molar-refractivity contribution < 1.29 is 14.5 Å². The van der Waals surface area contributed by atoms with Crippen LogP contribution in [0.5, 0.6) is 0 Å². The Hall–Kier alpha value is -3.26. The van der Waals surface area contributed by atoms with E-state index in [1.807, 2.05) is 12.1 Å². The number of nitro groups is 1. The minimum absolute atomic E-state index is 0.0398. The lowest BCUT2D eigenvalue weighted by atomic mass is 10.2. The van der Waals surface area contributed by atoms with E-state index in [4.69, 9.17) is 5.73 Å². The first kappa shape index (κ1) is 16.6. The van der Waals surface area contributed by atoms with Gasteiger partial charge in [0, 0.05) is 24.4 Å². The highest BCUT2D eigenvalue weighted by Crippen LogP contribution is 2.25. The molecule has 1 unspecified atom stereocenters. The Kier molecular flexibility index (Phi) is 4.44. The highest BCUT2D eigenvalue weighted by atomic mass is 16.6. The molecule has 1 saturated heterocycles. The summed E-state index contributed by atoms with van der Waals surface area (Å²) >= 11 is 0. The number of amides is 2. The first-order chi connectivity index (χ1) is 12.0. The van der Waals surface area contributed by atoms with Gasteiger partial charge in [-0.15, -0.1) is 0 Å². The fourth-order valence-corrected chi connectivity index (χ4v) is 2.73. The van der Waals surface area contributed by atoms with Crippen LogP contribution < -0.4 is 16.0 Å². The van der Waals surface area contributed by atoms with Gasteiger partial charge in [0.2, 0.25) is 5.91 Å². The van der Waals surface area contributed by atoms with Crippen LogP contribution in [-0.4, -0.2) is 22.8 Å². The third-order valence-electron chi connectivity index (χ3n) is 3.97. The third kappa shape index (κ3) is 3.48.